The first-order valence-corrected chi connectivity index (χ1v) is 7.74. The van der Waals surface area contributed by atoms with Crippen molar-refractivity contribution in [2.45, 2.75) is 63.5 Å². The van der Waals surface area contributed by atoms with Gasteiger partial charge in [-0.05, 0) is 44.6 Å². The minimum absolute atomic E-state index is 0.134. The van der Waals surface area contributed by atoms with Gasteiger partial charge in [0.2, 0.25) is 0 Å². The van der Waals surface area contributed by atoms with Gasteiger partial charge in [-0.3, -0.25) is 4.90 Å². The normalized spacial score (nSPS) is 29.2. The first-order chi connectivity index (χ1) is 8.78. The Kier molecular flexibility index (Phi) is 5.05. The largest absolute Gasteiger partial charge is 0.383 e. The molecule has 2 N–H and O–H groups in total. The maximum absolute atomic E-state index is 6.20. The lowest BCUT2D eigenvalue weighted by molar-refractivity contribution is -0.0435. The molecule has 106 valence electrons. The molecule has 0 amide bonds. The maximum Gasteiger partial charge on any atom is 0.0661 e. The summed E-state index contributed by atoms with van der Waals surface area (Å²) in [5, 5.41) is 0. The lowest BCUT2D eigenvalue weighted by Gasteiger charge is -2.50. The number of likely N-dealkylation sites (tertiary alicyclic amines) is 1. The predicted octanol–water partition coefficient (Wildman–Crippen LogP) is 2.39. The summed E-state index contributed by atoms with van der Waals surface area (Å²) >= 11 is 0. The number of piperidine rings is 1. The van der Waals surface area contributed by atoms with Crippen LogP contribution in [0.25, 0.3) is 0 Å². The van der Waals surface area contributed by atoms with Gasteiger partial charge in [0.05, 0.1) is 12.1 Å². The number of hydrogen-bond acceptors (Lipinski definition) is 3. The Bertz CT molecular complexity index is 253. The summed E-state index contributed by atoms with van der Waals surface area (Å²) in [5.74, 6) is 0.778. The first kappa shape index (κ1) is 14.3. The van der Waals surface area contributed by atoms with Crippen molar-refractivity contribution in [2.24, 2.45) is 11.7 Å². The van der Waals surface area contributed by atoms with Crippen molar-refractivity contribution < 1.29 is 4.74 Å². The SMILES string of the molecule is CCCC1CCCCN1C(CN)(COC)C1CC1. The zero-order valence-electron chi connectivity index (χ0n) is 12.2. The fourth-order valence-corrected chi connectivity index (χ4v) is 3.87. The molecule has 1 aliphatic heterocycles. The molecule has 1 aliphatic carbocycles. The molecule has 2 atom stereocenters. The maximum atomic E-state index is 6.20. The molecule has 2 unspecified atom stereocenters. The third-order valence-electron chi connectivity index (χ3n) is 4.91. The summed E-state index contributed by atoms with van der Waals surface area (Å²) in [6, 6.07) is 0.739. The van der Waals surface area contributed by atoms with Crippen LogP contribution in [0.5, 0.6) is 0 Å². The molecule has 0 radical (unpaired) electrons. The van der Waals surface area contributed by atoms with Crippen molar-refractivity contribution in [3.05, 3.63) is 0 Å². The van der Waals surface area contributed by atoms with Gasteiger partial charge >= 0.3 is 0 Å². The van der Waals surface area contributed by atoms with Crippen LogP contribution in [0.15, 0.2) is 0 Å². The number of ether oxygens (including phenoxy) is 1. The average molecular weight is 254 g/mol. The fourth-order valence-electron chi connectivity index (χ4n) is 3.87. The van der Waals surface area contributed by atoms with Gasteiger partial charge in [0.1, 0.15) is 0 Å². The standard InChI is InChI=1S/C15H30N2O/c1-3-6-14-7-4-5-10-17(14)15(11-16,12-18-2)13-8-9-13/h13-14H,3-12,16H2,1-2H3. The van der Waals surface area contributed by atoms with Crippen molar-refractivity contribution in [1.29, 1.82) is 0 Å². The topological polar surface area (TPSA) is 38.5 Å². The van der Waals surface area contributed by atoms with E-state index in [9.17, 15) is 0 Å². The van der Waals surface area contributed by atoms with Gasteiger partial charge in [-0.1, -0.05) is 19.8 Å². The quantitative estimate of drug-likeness (QED) is 0.758. The van der Waals surface area contributed by atoms with Crippen molar-refractivity contribution in [1.82, 2.24) is 4.90 Å². The molecule has 1 saturated carbocycles. The Balaban J connectivity index is 2.15. The van der Waals surface area contributed by atoms with E-state index in [0.717, 1.165) is 25.1 Å². The minimum Gasteiger partial charge on any atom is -0.383 e. The van der Waals surface area contributed by atoms with E-state index in [4.69, 9.17) is 10.5 Å². The van der Waals surface area contributed by atoms with E-state index in [2.05, 4.69) is 11.8 Å². The lowest BCUT2D eigenvalue weighted by Crippen LogP contribution is -2.63. The summed E-state index contributed by atoms with van der Waals surface area (Å²) in [7, 11) is 1.82. The number of hydrogen-bond donors (Lipinski definition) is 1. The molecule has 0 spiro atoms. The highest BCUT2D eigenvalue weighted by molar-refractivity contribution is 5.06. The third-order valence-corrected chi connectivity index (χ3v) is 4.91. The number of nitrogens with zero attached hydrogens (tertiary/aromatic N) is 1. The molecule has 0 aromatic heterocycles. The van der Waals surface area contributed by atoms with Crippen LogP contribution in [0.4, 0.5) is 0 Å². The summed E-state index contributed by atoms with van der Waals surface area (Å²) in [5.41, 5.74) is 6.34. The summed E-state index contributed by atoms with van der Waals surface area (Å²) < 4.78 is 5.56. The highest BCUT2D eigenvalue weighted by Gasteiger charge is 2.50. The molecule has 0 aromatic carbocycles. The van der Waals surface area contributed by atoms with E-state index < -0.39 is 0 Å². The zero-order chi connectivity index (χ0) is 13.0. The summed E-state index contributed by atoms with van der Waals surface area (Å²) in [4.78, 5) is 2.74. The lowest BCUT2D eigenvalue weighted by atomic mass is 9.85. The number of rotatable bonds is 7. The molecule has 2 rings (SSSR count). The Labute approximate surface area is 112 Å². The zero-order valence-corrected chi connectivity index (χ0v) is 12.2. The van der Waals surface area contributed by atoms with Gasteiger partial charge < -0.3 is 10.5 Å². The molecule has 1 heterocycles. The second-order valence-electron chi connectivity index (χ2n) is 6.15. The van der Waals surface area contributed by atoms with E-state index in [0.29, 0.717) is 0 Å². The van der Waals surface area contributed by atoms with Crippen molar-refractivity contribution in [2.75, 3.05) is 26.8 Å². The van der Waals surface area contributed by atoms with Crippen LogP contribution in [0.2, 0.25) is 0 Å². The Morgan fingerprint density at radius 2 is 2.06 bits per heavy atom. The van der Waals surface area contributed by atoms with Gasteiger partial charge in [-0.25, -0.2) is 0 Å². The van der Waals surface area contributed by atoms with Crippen LogP contribution < -0.4 is 5.73 Å². The van der Waals surface area contributed by atoms with Crippen molar-refractivity contribution in [3.63, 3.8) is 0 Å². The number of methoxy groups -OCH3 is 1. The highest BCUT2D eigenvalue weighted by atomic mass is 16.5. The van der Waals surface area contributed by atoms with E-state index in [-0.39, 0.29) is 5.54 Å². The Morgan fingerprint density at radius 1 is 1.28 bits per heavy atom. The Hall–Kier alpha value is -0.120. The van der Waals surface area contributed by atoms with E-state index >= 15 is 0 Å². The van der Waals surface area contributed by atoms with E-state index in [1.807, 2.05) is 7.11 Å². The molecule has 0 aromatic rings. The molecule has 0 bridgehead atoms. The van der Waals surface area contributed by atoms with Gasteiger partial charge in [-0.2, -0.15) is 0 Å². The third kappa shape index (κ3) is 2.73. The average Bonchev–Trinajstić information content (AvgIpc) is 3.22. The van der Waals surface area contributed by atoms with Crippen molar-refractivity contribution >= 4 is 0 Å². The van der Waals surface area contributed by atoms with Crippen LogP contribution in [0.3, 0.4) is 0 Å². The van der Waals surface area contributed by atoms with Gasteiger partial charge in [0, 0.05) is 19.7 Å². The van der Waals surface area contributed by atoms with Gasteiger partial charge in [0.15, 0.2) is 0 Å². The monoisotopic (exact) mass is 254 g/mol. The molecule has 2 aliphatic rings. The van der Waals surface area contributed by atoms with Crippen LogP contribution in [-0.4, -0.2) is 43.3 Å². The van der Waals surface area contributed by atoms with E-state index in [1.54, 1.807) is 0 Å². The fraction of sp³-hybridized carbons (Fsp3) is 1.00. The summed E-state index contributed by atoms with van der Waals surface area (Å²) in [6.07, 6.45) is 9.35. The summed E-state index contributed by atoms with van der Waals surface area (Å²) in [6.45, 7) is 5.09. The number of nitrogens with two attached hydrogens (primary N) is 1. The molecule has 2 fully saturated rings. The van der Waals surface area contributed by atoms with Crippen molar-refractivity contribution in [3.8, 4) is 0 Å². The van der Waals surface area contributed by atoms with Crippen LogP contribution in [-0.2, 0) is 4.74 Å². The molecule has 18 heavy (non-hydrogen) atoms. The highest BCUT2D eigenvalue weighted by Crippen LogP contribution is 2.45. The van der Waals surface area contributed by atoms with Crippen LogP contribution >= 0.6 is 0 Å². The van der Waals surface area contributed by atoms with Gasteiger partial charge in [0.25, 0.3) is 0 Å². The molecular weight excluding hydrogens is 224 g/mol. The second kappa shape index (κ2) is 6.36. The van der Waals surface area contributed by atoms with Crippen LogP contribution in [0.1, 0.15) is 51.9 Å². The molecular formula is C15H30N2O. The first-order valence-electron chi connectivity index (χ1n) is 7.74. The predicted molar refractivity (Wildman–Crippen MR) is 75.6 cm³/mol. The van der Waals surface area contributed by atoms with E-state index in [1.165, 1.54) is 51.5 Å². The molecule has 3 heteroatoms. The molecule has 3 nitrogen and oxygen atoms in total. The second-order valence-corrected chi connectivity index (χ2v) is 6.15. The van der Waals surface area contributed by atoms with Gasteiger partial charge in [-0.15, -0.1) is 0 Å². The smallest absolute Gasteiger partial charge is 0.0661 e. The minimum atomic E-state index is 0.134. The molecule has 1 saturated heterocycles. The van der Waals surface area contributed by atoms with Crippen LogP contribution in [0, 0.1) is 5.92 Å². The Morgan fingerprint density at radius 3 is 2.61 bits per heavy atom.